The summed E-state index contributed by atoms with van der Waals surface area (Å²) in [6.07, 6.45) is 3.53. The number of halogens is 1. The average Bonchev–Trinajstić information content (AvgIpc) is 2.53. The molecule has 0 saturated carbocycles. The van der Waals surface area contributed by atoms with Gasteiger partial charge in [-0.2, -0.15) is 5.26 Å². The topological polar surface area (TPSA) is 52.8 Å². The minimum Gasteiger partial charge on any atom is -0.364 e. The summed E-state index contributed by atoms with van der Waals surface area (Å²) in [7, 11) is 0. The molecule has 0 unspecified atom stereocenters. The first kappa shape index (κ1) is 13.5. The fourth-order valence-corrected chi connectivity index (χ4v) is 2.59. The third-order valence-electron chi connectivity index (χ3n) is 3.73. The normalized spacial score (nSPS) is 13.7. The molecule has 0 bridgehead atoms. The molecule has 0 saturated heterocycles. The van der Waals surface area contributed by atoms with Crippen molar-refractivity contribution in [1.29, 1.82) is 5.26 Å². The molecule has 0 N–H and O–H groups in total. The maximum atomic E-state index is 13.2. The molecule has 0 fully saturated rings. The molecular weight excluding hydrogens is 267 g/mol. The number of nitrogens with zero attached hydrogens (tertiary/aromatic N) is 4. The second-order valence-electron chi connectivity index (χ2n) is 5.06. The molecule has 0 atom stereocenters. The second-order valence-corrected chi connectivity index (χ2v) is 5.06. The van der Waals surface area contributed by atoms with Crippen LogP contribution in [0.4, 0.5) is 10.1 Å². The molecule has 5 heteroatoms. The highest BCUT2D eigenvalue weighted by Crippen LogP contribution is 2.26. The SMILES string of the molecule is CCc1ncc2c(n1)CN(c1ccc(F)cc1C#N)CC2. The number of benzene rings is 1. The van der Waals surface area contributed by atoms with Crippen LogP contribution in [-0.4, -0.2) is 16.5 Å². The molecule has 0 aliphatic carbocycles. The summed E-state index contributed by atoms with van der Waals surface area (Å²) in [5, 5.41) is 9.18. The van der Waals surface area contributed by atoms with Crippen LogP contribution in [0.15, 0.2) is 24.4 Å². The fourth-order valence-electron chi connectivity index (χ4n) is 2.59. The van der Waals surface area contributed by atoms with E-state index in [0.29, 0.717) is 12.1 Å². The number of aryl methyl sites for hydroxylation is 1. The van der Waals surface area contributed by atoms with Crippen LogP contribution < -0.4 is 4.90 Å². The number of anilines is 1. The van der Waals surface area contributed by atoms with E-state index in [1.807, 2.05) is 13.1 Å². The molecule has 1 aliphatic rings. The van der Waals surface area contributed by atoms with Crippen molar-refractivity contribution < 1.29 is 4.39 Å². The van der Waals surface area contributed by atoms with Gasteiger partial charge in [0.15, 0.2) is 0 Å². The van der Waals surface area contributed by atoms with Crippen LogP contribution in [0.1, 0.15) is 29.6 Å². The summed E-state index contributed by atoms with van der Waals surface area (Å²) >= 11 is 0. The first-order valence-corrected chi connectivity index (χ1v) is 6.99. The molecule has 0 amide bonds. The van der Waals surface area contributed by atoms with Gasteiger partial charge >= 0.3 is 0 Å². The molecule has 4 nitrogen and oxygen atoms in total. The van der Waals surface area contributed by atoms with Crippen molar-refractivity contribution in [3.8, 4) is 6.07 Å². The van der Waals surface area contributed by atoms with Crippen molar-refractivity contribution >= 4 is 5.69 Å². The Morgan fingerprint density at radius 1 is 1.43 bits per heavy atom. The number of nitriles is 1. The minimum absolute atomic E-state index is 0.364. The van der Waals surface area contributed by atoms with E-state index in [-0.39, 0.29) is 5.82 Å². The Morgan fingerprint density at radius 3 is 3.05 bits per heavy atom. The summed E-state index contributed by atoms with van der Waals surface area (Å²) in [4.78, 5) is 11.0. The largest absolute Gasteiger partial charge is 0.364 e. The monoisotopic (exact) mass is 282 g/mol. The first-order chi connectivity index (χ1) is 10.2. The van der Waals surface area contributed by atoms with Gasteiger partial charge in [0.1, 0.15) is 17.7 Å². The Labute approximate surface area is 122 Å². The van der Waals surface area contributed by atoms with Gasteiger partial charge in [0.05, 0.1) is 23.5 Å². The smallest absolute Gasteiger partial charge is 0.128 e. The highest BCUT2D eigenvalue weighted by molar-refractivity contribution is 5.60. The predicted molar refractivity (Wildman–Crippen MR) is 77.3 cm³/mol. The van der Waals surface area contributed by atoms with Gasteiger partial charge in [0.2, 0.25) is 0 Å². The van der Waals surface area contributed by atoms with Gasteiger partial charge in [-0.05, 0) is 30.2 Å². The van der Waals surface area contributed by atoms with E-state index in [1.54, 1.807) is 6.07 Å². The number of hydrogen-bond donors (Lipinski definition) is 0. The third-order valence-corrected chi connectivity index (χ3v) is 3.73. The predicted octanol–water partition coefficient (Wildman–Crippen LogP) is 2.61. The van der Waals surface area contributed by atoms with Crippen molar-refractivity contribution in [3.05, 3.63) is 52.9 Å². The maximum absolute atomic E-state index is 13.2. The van der Waals surface area contributed by atoms with Gasteiger partial charge in [0, 0.05) is 19.2 Å². The van der Waals surface area contributed by atoms with Crippen molar-refractivity contribution in [2.24, 2.45) is 0 Å². The first-order valence-electron chi connectivity index (χ1n) is 6.99. The number of hydrogen-bond acceptors (Lipinski definition) is 4. The molecule has 0 radical (unpaired) electrons. The lowest BCUT2D eigenvalue weighted by atomic mass is 10.0. The zero-order chi connectivity index (χ0) is 14.8. The lowest BCUT2D eigenvalue weighted by molar-refractivity contribution is 0.626. The molecule has 106 valence electrons. The highest BCUT2D eigenvalue weighted by atomic mass is 19.1. The van der Waals surface area contributed by atoms with E-state index in [1.165, 1.54) is 12.1 Å². The van der Waals surface area contributed by atoms with Crippen LogP contribution in [0.3, 0.4) is 0 Å². The molecule has 21 heavy (non-hydrogen) atoms. The van der Waals surface area contributed by atoms with Gasteiger partial charge in [0.25, 0.3) is 0 Å². The Balaban J connectivity index is 1.94. The highest BCUT2D eigenvalue weighted by Gasteiger charge is 2.20. The molecule has 2 heterocycles. The van der Waals surface area contributed by atoms with Crippen LogP contribution >= 0.6 is 0 Å². The zero-order valence-electron chi connectivity index (χ0n) is 11.8. The fraction of sp³-hybridized carbons (Fsp3) is 0.312. The van der Waals surface area contributed by atoms with Gasteiger partial charge in [-0.15, -0.1) is 0 Å². The molecule has 1 aliphatic heterocycles. The molecule has 2 aromatic rings. The molecule has 3 rings (SSSR count). The maximum Gasteiger partial charge on any atom is 0.128 e. The summed E-state index contributed by atoms with van der Waals surface area (Å²) in [6.45, 7) is 3.43. The number of rotatable bonds is 2. The Hall–Kier alpha value is -2.48. The van der Waals surface area contributed by atoms with Gasteiger partial charge in [-0.25, -0.2) is 14.4 Å². The van der Waals surface area contributed by atoms with E-state index in [9.17, 15) is 9.65 Å². The minimum atomic E-state index is -0.386. The average molecular weight is 282 g/mol. The Kier molecular flexibility index (Phi) is 3.53. The Morgan fingerprint density at radius 2 is 2.29 bits per heavy atom. The zero-order valence-corrected chi connectivity index (χ0v) is 11.8. The summed E-state index contributed by atoms with van der Waals surface area (Å²) in [6, 6.07) is 6.41. The van der Waals surface area contributed by atoms with Crippen LogP contribution in [0.5, 0.6) is 0 Å². The molecular formula is C16H15FN4. The molecule has 0 spiro atoms. The van der Waals surface area contributed by atoms with Gasteiger partial charge in [-0.1, -0.05) is 6.92 Å². The van der Waals surface area contributed by atoms with Crippen LogP contribution in [0.25, 0.3) is 0 Å². The quantitative estimate of drug-likeness (QED) is 0.849. The second kappa shape index (κ2) is 5.49. The van der Waals surface area contributed by atoms with Gasteiger partial charge < -0.3 is 4.90 Å². The van der Waals surface area contributed by atoms with E-state index < -0.39 is 0 Å². The molecule has 1 aromatic heterocycles. The summed E-state index contributed by atoms with van der Waals surface area (Å²) < 4.78 is 13.2. The standard InChI is InChI=1S/C16H15FN4/c1-2-16-19-9-11-5-6-21(10-14(11)20-16)15-4-3-13(17)7-12(15)8-18/h3-4,7,9H,2,5-6,10H2,1H3. The Bertz CT molecular complexity index is 721. The van der Waals surface area contributed by atoms with E-state index in [4.69, 9.17) is 0 Å². The van der Waals surface area contributed by atoms with Crippen molar-refractivity contribution in [2.45, 2.75) is 26.3 Å². The molecule has 1 aromatic carbocycles. The van der Waals surface area contributed by atoms with Gasteiger partial charge in [-0.3, -0.25) is 0 Å². The van der Waals surface area contributed by atoms with Crippen LogP contribution in [0.2, 0.25) is 0 Å². The van der Waals surface area contributed by atoms with Crippen molar-refractivity contribution in [1.82, 2.24) is 9.97 Å². The van der Waals surface area contributed by atoms with Crippen molar-refractivity contribution in [2.75, 3.05) is 11.4 Å². The lowest BCUT2D eigenvalue weighted by Crippen LogP contribution is -2.32. The summed E-state index contributed by atoms with van der Waals surface area (Å²) in [5.41, 5.74) is 3.29. The third kappa shape index (κ3) is 2.57. The van der Waals surface area contributed by atoms with E-state index in [0.717, 1.165) is 42.2 Å². The van der Waals surface area contributed by atoms with Crippen LogP contribution in [0, 0.1) is 17.1 Å². The summed E-state index contributed by atoms with van der Waals surface area (Å²) in [5.74, 6) is 0.443. The van der Waals surface area contributed by atoms with Crippen LogP contribution in [-0.2, 0) is 19.4 Å². The van der Waals surface area contributed by atoms with E-state index in [2.05, 4.69) is 20.9 Å². The van der Waals surface area contributed by atoms with E-state index >= 15 is 0 Å². The lowest BCUT2D eigenvalue weighted by Gasteiger charge is -2.30. The van der Waals surface area contributed by atoms with Crippen molar-refractivity contribution in [3.63, 3.8) is 0 Å². The number of aromatic nitrogens is 2. The number of fused-ring (bicyclic) bond motifs is 1.